The zero-order valence-electron chi connectivity index (χ0n) is 12.0. The largest absolute Gasteiger partial charge is 0.489 e. The normalized spacial score (nSPS) is 12.2. The summed E-state index contributed by atoms with van der Waals surface area (Å²) in [6.07, 6.45) is -0.464. The van der Waals surface area contributed by atoms with Gasteiger partial charge in [-0.25, -0.2) is 0 Å². The summed E-state index contributed by atoms with van der Waals surface area (Å²) in [7, 11) is 0. The molecule has 2 rings (SSSR count). The Morgan fingerprint density at radius 2 is 1.90 bits per heavy atom. The monoisotopic (exact) mass is 290 g/mol. The van der Waals surface area contributed by atoms with Crippen molar-refractivity contribution in [3.05, 3.63) is 63.7 Å². The third-order valence-electron chi connectivity index (χ3n) is 3.27. The molecule has 2 nitrogen and oxygen atoms in total. The molecule has 1 N–H and O–H groups in total. The lowest BCUT2D eigenvalue weighted by molar-refractivity contribution is 0.199. The molecule has 0 radical (unpaired) electrons. The number of rotatable bonds is 4. The minimum atomic E-state index is -0.464. The van der Waals surface area contributed by atoms with Crippen LogP contribution in [0.2, 0.25) is 5.02 Å². The number of hydrogen-bond donors (Lipinski definition) is 1. The van der Waals surface area contributed by atoms with E-state index >= 15 is 0 Å². The van der Waals surface area contributed by atoms with E-state index in [1.165, 1.54) is 0 Å². The quantitative estimate of drug-likeness (QED) is 0.892. The summed E-state index contributed by atoms with van der Waals surface area (Å²) in [5, 5.41) is 10.3. The minimum absolute atomic E-state index is 0.438. The first-order valence-corrected chi connectivity index (χ1v) is 7.01. The number of hydrogen-bond acceptors (Lipinski definition) is 2. The number of aliphatic hydroxyl groups excluding tert-OH is 1. The van der Waals surface area contributed by atoms with E-state index in [2.05, 4.69) is 0 Å². The molecule has 2 aromatic rings. The Hall–Kier alpha value is -1.51. The summed E-state index contributed by atoms with van der Waals surface area (Å²) in [6, 6.07) is 11.6. The third kappa shape index (κ3) is 3.53. The standard InChI is InChI=1S/C17H19ClO2/c1-11-4-5-15(16(18)8-11)10-20-17-7-6-14(13(3)19)9-12(17)2/h4-9,13,19H,10H2,1-3H3. The van der Waals surface area contributed by atoms with Gasteiger partial charge in [0.1, 0.15) is 12.4 Å². The Bertz CT molecular complexity index is 606. The van der Waals surface area contributed by atoms with Gasteiger partial charge in [0.05, 0.1) is 6.10 Å². The van der Waals surface area contributed by atoms with Gasteiger partial charge in [0.25, 0.3) is 0 Å². The first-order chi connectivity index (χ1) is 9.47. The van der Waals surface area contributed by atoms with Crippen molar-refractivity contribution < 1.29 is 9.84 Å². The number of aliphatic hydroxyl groups is 1. The zero-order valence-corrected chi connectivity index (χ0v) is 12.7. The van der Waals surface area contributed by atoms with Crippen LogP contribution in [0.4, 0.5) is 0 Å². The number of benzene rings is 2. The van der Waals surface area contributed by atoms with Crippen molar-refractivity contribution in [3.63, 3.8) is 0 Å². The predicted molar refractivity (Wildman–Crippen MR) is 82.3 cm³/mol. The molecular weight excluding hydrogens is 272 g/mol. The molecule has 0 saturated carbocycles. The molecule has 0 aromatic heterocycles. The summed E-state index contributed by atoms with van der Waals surface area (Å²) in [5.41, 5.74) is 4.00. The SMILES string of the molecule is Cc1ccc(COc2ccc(C(C)O)cc2C)c(Cl)c1. The highest BCUT2D eigenvalue weighted by molar-refractivity contribution is 6.31. The summed E-state index contributed by atoms with van der Waals surface area (Å²) in [5.74, 6) is 0.811. The molecule has 0 spiro atoms. The molecule has 106 valence electrons. The maximum Gasteiger partial charge on any atom is 0.122 e. The van der Waals surface area contributed by atoms with Gasteiger partial charge in [-0.3, -0.25) is 0 Å². The lowest BCUT2D eigenvalue weighted by atomic mass is 10.1. The highest BCUT2D eigenvalue weighted by Crippen LogP contribution is 2.25. The maximum absolute atomic E-state index is 9.55. The molecule has 1 atom stereocenters. The third-order valence-corrected chi connectivity index (χ3v) is 3.62. The fourth-order valence-electron chi connectivity index (χ4n) is 2.02. The fraction of sp³-hybridized carbons (Fsp3) is 0.294. The lowest BCUT2D eigenvalue weighted by Gasteiger charge is -2.13. The summed E-state index contributed by atoms with van der Waals surface area (Å²) in [6.45, 7) is 6.17. The van der Waals surface area contributed by atoms with Gasteiger partial charge < -0.3 is 9.84 Å². The van der Waals surface area contributed by atoms with Gasteiger partial charge in [-0.1, -0.05) is 29.8 Å². The van der Waals surface area contributed by atoms with E-state index in [1.54, 1.807) is 6.92 Å². The van der Waals surface area contributed by atoms with Crippen LogP contribution < -0.4 is 4.74 Å². The molecular formula is C17H19ClO2. The molecule has 0 bridgehead atoms. The minimum Gasteiger partial charge on any atom is -0.489 e. The van der Waals surface area contributed by atoms with Crippen LogP contribution in [-0.2, 0) is 6.61 Å². The van der Waals surface area contributed by atoms with Crippen LogP contribution in [0.25, 0.3) is 0 Å². The Labute approximate surface area is 125 Å². The van der Waals surface area contributed by atoms with Crippen molar-refractivity contribution >= 4 is 11.6 Å². The van der Waals surface area contributed by atoms with Crippen molar-refractivity contribution in [1.82, 2.24) is 0 Å². The molecule has 0 aliphatic heterocycles. The number of halogens is 1. The second kappa shape index (κ2) is 6.29. The van der Waals surface area contributed by atoms with Crippen LogP contribution in [0.15, 0.2) is 36.4 Å². The smallest absolute Gasteiger partial charge is 0.122 e. The molecule has 2 aromatic carbocycles. The van der Waals surface area contributed by atoms with E-state index in [9.17, 15) is 5.11 Å². The van der Waals surface area contributed by atoms with Crippen LogP contribution in [0.5, 0.6) is 5.75 Å². The van der Waals surface area contributed by atoms with Gasteiger partial charge in [0.2, 0.25) is 0 Å². The van der Waals surface area contributed by atoms with Crippen LogP contribution in [0.1, 0.15) is 35.3 Å². The molecule has 3 heteroatoms. The van der Waals surface area contributed by atoms with Gasteiger partial charge in [0, 0.05) is 10.6 Å². The number of ether oxygens (including phenoxy) is 1. The fourth-order valence-corrected chi connectivity index (χ4v) is 2.31. The molecule has 0 heterocycles. The Morgan fingerprint density at radius 3 is 2.50 bits per heavy atom. The number of aryl methyl sites for hydroxylation is 2. The topological polar surface area (TPSA) is 29.5 Å². The van der Waals surface area contributed by atoms with Crippen molar-refractivity contribution in [1.29, 1.82) is 0 Å². The van der Waals surface area contributed by atoms with E-state index in [0.717, 1.165) is 33.0 Å². The van der Waals surface area contributed by atoms with Crippen molar-refractivity contribution in [3.8, 4) is 5.75 Å². The summed E-state index contributed by atoms with van der Waals surface area (Å²) in [4.78, 5) is 0. The molecule has 1 unspecified atom stereocenters. The van der Waals surface area contributed by atoms with Gasteiger partial charge >= 0.3 is 0 Å². The van der Waals surface area contributed by atoms with Crippen molar-refractivity contribution in [2.24, 2.45) is 0 Å². The molecule has 0 fully saturated rings. The molecule has 0 amide bonds. The molecule has 20 heavy (non-hydrogen) atoms. The van der Waals surface area contributed by atoms with Crippen LogP contribution >= 0.6 is 11.6 Å². The van der Waals surface area contributed by atoms with E-state index in [1.807, 2.05) is 50.2 Å². The van der Waals surface area contributed by atoms with E-state index < -0.39 is 6.10 Å². The second-order valence-corrected chi connectivity index (χ2v) is 5.49. The Kier molecular flexibility index (Phi) is 4.69. The summed E-state index contributed by atoms with van der Waals surface area (Å²) < 4.78 is 5.81. The molecule has 0 aliphatic rings. The predicted octanol–water partition coefficient (Wildman–Crippen LogP) is 4.59. The van der Waals surface area contributed by atoms with Crippen LogP contribution in [0, 0.1) is 13.8 Å². The zero-order chi connectivity index (χ0) is 14.7. The highest BCUT2D eigenvalue weighted by atomic mass is 35.5. The van der Waals surface area contributed by atoms with E-state index in [-0.39, 0.29) is 0 Å². The average Bonchev–Trinajstić information content (AvgIpc) is 2.38. The van der Waals surface area contributed by atoms with Crippen LogP contribution in [-0.4, -0.2) is 5.11 Å². The Balaban J connectivity index is 2.11. The summed E-state index contributed by atoms with van der Waals surface area (Å²) >= 11 is 6.19. The van der Waals surface area contributed by atoms with E-state index in [0.29, 0.717) is 6.61 Å². The molecule has 0 aliphatic carbocycles. The Morgan fingerprint density at radius 1 is 1.15 bits per heavy atom. The lowest BCUT2D eigenvalue weighted by Crippen LogP contribution is -1.99. The van der Waals surface area contributed by atoms with Crippen molar-refractivity contribution in [2.45, 2.75) is 33.5 Å². The first-order valence-electron chi connectivity index (χ1n) is 6.64. The maximum atomic E-state index is 9.55. The highest BCUT2D eigenvalue weighted by Gasteiger charge is 2.07. The van der Waals surface area contributed by atoms with E-state index in [4.69, 9.17) is 16.3 Å². The van der Waals surface area contributed by atoms with Gasteiger partial charge in [0.15, 0.2) is 0 Å². The van der Waals surface area contributed by atoms with Gasteiger partial charge in [-0.15, -0.1) is 0 Å². The van der Waals surface area contributed by atoms with Crippen molar-refractivity contribution in [2.75, 3.05) is 0 Å². The first kappa shape index (κ1) is 14.9. The molecule has 0 saturated heterocycles. The second-order valence-electron chi connectivity index (χ2n) is 5.08. The average molecular weight is 291 g/mol. The van der Waals surface area contributed by atoms with Gasteiger partial charge in [-0.05, 0) is 55.7 Å². The van der Waals surface area contributed by atoms with Gasteiger partial charge in [-0.2, -0.15) is 0 Å². The van der Waals surface area contributed by atoms with Crippen LogP contribution in [0.3, 0.4) is 0 Å².